The summed E-state index contributed by atoms with van der Waals surface area (Å²) in [6.45, 7) is 4.29. The Morgan fingerprint density at radius 2 is 2.11 bits per heavy atom. The zero-order chi connectivity index (χ0) is 12.5. The highest BCUT2D eigenvalue weighted by molar-refractivity contribution is 7.97. The smallest absolute Gasteiger partial charge is 0.0181 e. The van der Waals surface area contributed by atoms with Crippen LogP contribution >= 0.6 is 11.8 Å². The monoisotopic (exact) mass is 254 g/mol. The van der Waals surface area contributed by atoms with Crippen LogP contribution in [0, 0.1) is 11.8 Å². The van der Waals surface area contributed by atoms with Crippen molar-refractivity contribution in [3.05, 3.63) is 65.8 Å². The number of thioether (sulfide) groups is 1. The molecular formula is C17H18S. The molecule has 0 radical (unpaired) electrons. The fourth-order valence-corrected chi connectivity index (χ4v) is 3.20. The highest BCUT2D eigenvalue weighted by Crippen LogP contribution is 2.50. The van der Waals surface area contributed by atoms with Crippen LogP contribution in [0.4, 0.5) is 0 Å². The quantitative estimate of drug-likeness (QED) is 0.751. The van der Waals surface area contributed by atoms with Gasteiger partial charge in [0.2, 0.25) is 0 Å². The van der Waals surface area contributed by atoms with E-state index in [1.54, 1.807) is 0 Å². The van der Waals surface area contributed by atoms with Gasteiger partial charge in [-0.05, 0) is 46.8 Å². The van der Waals surface area contributed by atoms with Crippen LogP contribution in [-0.2, 0) is 5.75 Å². The summed E-state index contributed by atoms with van der Waals surface area (Å²) in [7, 11) is 0. The van der Waals surface area contributed by atoms with Gasteiger partial charge in [0.15, 0.2) is 0 Å². The summed E-state index contributed by atoms with van der Waals surface area (Å²) >= 11 is 1.86. The second-order valence-corrected chi connectivity index (χ2v) is 5.99. The molecule has 1 fully saturated rings. The van der Waals surface area contributed by atoms with Crippen LogP contribution < -0.4 is 0 Å². The molecule has 2 unspecified atom stereocenters. The average molecular weight is 254 g/mol. The van der Waals surface area contributed by atoms with Crippen molar-refractivity contribution in [2.75, 3.05) is 6.26 Å². The van der Waals surface area contributed by atoms with Gasteiger partial charge in [0.25, 0.3) is 0 Å². The zero-order valence-corrected chi connectivity index (χ0v) is 11.5. The maximum Gasteiger partial charge on any atom is 0.0181 e. The van der Waals surface area contributed by atoms with Gasteiger partial charge in [-0.2, -0.15) is 11.8 Å². The van der Waals surface area contributed by atoms with Gasteiger partial charge in [0.05, 0.1) is 0 Å². The van der Waals surface area contributed by atoms with Crippen molar-refractivity contribution in [3.8, 4) is 0 Å². The topological polar surface area (TPSA) is 0 Å². The summed E-state index contributed by atoms with van der Waals surface area (Å²) < 4.78 is 0. The Bertz CT molecular complexity index is 519. The van der Waals surface area contributed by atoms with E-state index < -0.39 is 0 Å². The van der Waals surface area contributed by atoms with E-state index in [0.29, 0.717) is 0 Å². The molecule has 0 aliphatic heterocycles. The summed E-state index contributed by atoms with van der Waals surface area (Å²) in [4.78, 5) is 0. The summed E-state index contributed by atoms with van der Waals surface area (Å²) in [5.74, 6) is 2.62. The molecule has 0 heterocycles. The molecule has 0 aromatic heterocycles. The Balaban J connectivity index is 1.80. The molecule has 2 aliphatic carbocycles. The van der Waals surface area contributed by atoms with Crippen LogP contribution in [0.2, 0.25) is 0 Å². The maximum atomic E-state index is 4.29. The number of rotatable bonds is 4. The summed E-state index contributed by atoms with van der Waals surface area (Å²) in [6, 6.07) is 8.87. The Kier molecular flexibility index (Phi) is 3.17. The van der Waals surface area contributed by atoms with Gasteiger partial charge < -0.3 is 0 Å². The molecule has 92 valence electrons. The molecule has 2 atom stereocenters. The first kappa shape index (κ1) is 11.9. The van der Waals surface area contributed by atoms with Gasteiger partial charge >= 0.3 is 0 Å². The van der Waals surface area contributed by atoms with Crippen molar-refractivity contribution in [2.24, 2.45) is 11.8 Å². The molecule has 1 saturated carbocycles. The lowest BCUT2D eigenvalue weighted by atomic mass is 9.92. The van der Waals surface area contributed by atoms with Crippen molar-refractivity contribution in [1.29, 1.82) is 0 Å². The summed E-state index contributed by atoms with van der Waals surface area (Å²) in [5, 5.41) is 0. The molecule has 0 bridgehead atoms. The number of allylic oxidation sites excluding steroid dienone is 5. The van der Waals surface area contributed by atoms with Crippen LogP contribution in [0.5, 0.6) is 0 Å². The molecule has 3 rings (SSSR count). The Morgan fingerprint density at radius 1 is 1.33 bits per heavy atom. The molecule has 1 aromatic carbocycles. The fourth-order valence-electron chi connectivity index (χ4n) is 2.67. The van der Waals surface area contributed by atoms with Crippen LogP contribution in [0.25, 0.3) is 5.57 Å². The van der Waals surface area contributed by atoms with E-state index >= 15 is 0 Å². The predicted molar refractivity (Wildman–Crippen MR) is 81.5 cm³/mol. The third-order valence-electron chi connectivity index (χ3n) is 3.84. The molecule has 0 saturated heterocycles. The highest BCUT2D eigenvalue weighted by Gasteiger charge is 2.39. The Morgan fingerprint density at radius 3 is 2.83 bits per heavy atom. The highest BCUT2D eigenvalue weighted by atomic mass is 32.2. The van der Waals surface area contributed by atoms with E-state index in [1.165, 1.54) is 28.7 Å². The third kappa shape index (κ3) is 2.20. The van der Waals surface area contributed by atoms with Gasteiger partial charge in [0.1, 0.15) is 0 Å². The number of benzene rings is 1. The Hall–Kier alpha value is -1.21. The van der Waals surface area contributed by atoms with Crippen LogP contribution in [0.1, 0.15) is 17.5 Å². The molecule has 0 amide bonds. The average Bonchev–Trinajstić information content (AvgIpc) is 3.18. The summed E-state index contributed by atoms with van der Waals surface area (Å²) in [6.07, 6.45) is 10.2. The van der Waals surface area contributed by atoms with Crippen LogP contribution in [0.15, 0.2) is 54.6 Å². The lowest BCUT2D eigenvalue weighted by Gasteiger charge is -2.13. The minimum Gasteiger partial charge on any atom is -0.161 e. The molecule has 0 nitrogen and oxygen atoms in total. The van der Waals surface area contributed by atoms with E-state index in [4.69, 9.17) is 0 Å². The normalized spacial score (nSPS) is 24.4. The molecule has 1 heteroatoms. The van der Waals surface area contributed by atoms with Crippen LogP contribution in [-0.4, -0.2) is 6.26 Å². The van der Waals surface area contributed by atoms with Crippen molar-refractivity contribution in [2.45, 2.75) is 12.2 Å². The van der Waals surface area contributed by atoms with Gasteiger partial charge in [0, 0.05) is 5.75 Å². The zero-order valence-electron chi connectivity index (χ0n) is 10.7. The fraction of sp³-hybridized carbons (Fsp3) is 0.294. The van der Waals surface area contributed by atoms with Crippen molar-refractivity contribution < 1.29 is 0 Å². The van der Waals surface area contributed by atoms with E-state index in [2.05, 4.69) is 55.3 Å². The van der Waals surface area contributed by atoms with Crippen molar-refractivity contribution in [1.82, 2.24) is 0 Å². The second kappa shape index (κ2) is 4.81. The molecule has 0 spiro atoms. The SMILES string of the molecule is C=C(C1=CC=CC2CC12)c1ccc(CSC)cc1. The molecule has 0 N–H and O–H groups in total. The largest absolute Gasteiger partial charge is 0.161 e. The third-order valence-corrected chi connectivity index (χ3v) is 4.46. The molecule has 2 aliphatic rings. The minimum absolute atomic E-state index is 0.744. The van der Waals surface area contributed by atoms with E-state index in [-0.39, 0.29) is 0 Å². The van der Waals surface area contributed by atoms with Crippen molar-refractivity contribution in [3.63, 3.8) is 0 Å². The number of hydrogen-bond acceptors (Lipinski definition) is 1. The molecule has 18 heavy (non-hydrogen) atoms. The van der Waals surface area contributed by atoms with Gasteiger partial charge in [-0.25, -0.2) is 0 Å². The molecule has 1 aromatic rings. The first-order valence-corrected chi connectivity index (χ1v) is 7.85. The van der Waals surface area contributed by atoms with Gasteiger partial charge in [-0.15, -0.1) is 0 Å². The summed E-state index contributed by atoms with van der Waals surface area (Å²) in [5.41, 5.74) is 5.32. The second-order valence-electron chi connectivity index (χ2n) is 5.12. The number of fused-ring (bicyclic) bond motifs is 1. The van der Waals surface area contributed by atoms with E-state index in [9.17, 15) is 0 Å². The van der Waals surface area contributed by atoms with Gasteiger partial charge in [-0.3, -0.25) is 0 Å². The van der Waals surface area contributed by atoms with Crippen LogP contribution in [0.3, 0.4) is 0 Å². The Labute approximate surface area is 113 Å². The van der Waals surface area contributed by atoms with E-state index in [1.807, 2.05) is 11.8 Å². The predicted octanol–water partition coefficient (Wildman–Crippen LogP) is 4.70. The standard InChI is InChI=1S/C17H18S/c1-12(16-5-3-4-15-10-17(15)16)14-8-6-13(7-9-14)11-18-2/h3-9,15,17H,1,10-11H2,2H3. The molecular weight excluding hydrogens is 236 g/mol. The van der Waals surface area contributed by atoms with Gasteiger partial charge in [-0.1, -0.05) is 49.1 Å². The number of hydrogen-bond donors (Lipinski definition) is 0. The lowest BCUT2D eigenvalue weighted by molar-refractivity contribution is 0.943. The first-order chi connectivity index (χ1) is 8.79. The van der Waals surface area contributed by atoms with Crippen molar-refractivity contribution >= 4 is 17.3 Å². The maximum absolute atomic E-state index is 4.29. The van der Waals surface area contributed by atoms with E-state index in [0.717, 1.165) is 17.6 Å². The lowest BCUT2D eigenvalue weighted by Crippen LogP contribution is -1.95. The minimum atomic E-state index is 0.744. The first-order valence-electron chi connectivity index (χ1n) is 6.45.